The standard InChI is InChI=1S/C9H7BrClN3O/c1-15-8-2-5(6(10)3-7(8)11)9-12-4-13-14-9/h2-4H,1H3,(H,12,13,14). The SMILES string of the molecule is COc1cc(-c2ncn[nH]2)c(Br)cc1Cl. The Labute approximate surface area is 99.8 Å². The summed E-state index contributed by atoms with van der Waals surface area (Å²) in [6.45, 7) is 0. The van der Waals surface area contributed by atoms with E-state index in [1.54, 1.807) is 19.2 Å². The van der Waals surface area contributed by atoms with Crippen molar-refractivity contribution in [1.29, 1.82) is 0 Å². The minimum Gasteiger partial charge on any atom is -0.495 e. The second-order valence-corrected chi connectivity index (χ2v) is 4.06. The lowest BCUT2D eigenvalue weighted by Crippen LogP contribution is -1.88. The number of benzene rings is 1. The molecular formula is C9H7BrClN3O. The normalized spacial score (nSPS) is 10.3. The van der Waals surface area contributed by atoms with Gasteiger partial charge in [-0.05, 0) is 28.1 Å². The molecule has 1 aromatic carbocycles. The first kappa shape index (κ1) is 10.4. The monoisotopic (exact) mass is 287 g/mol. The Morgan fingerprint density at radius 2 is 2.27 bits per heavy atom. The summed E-state index contributed by atoms with van der Waals surface area (Å²) in [5.41, 5.74) is 0.855. The average molecular weight is 289 g/mol. The van der Waals surface area contributed by atoms with E-state index in [-0.39, 0.29) is 0 Å². The lowest BCUT2D eigenvalue weighted by atomic mass is 10.2. The van der Waals surface area contributed by atoms with Crippen LogP contribution in [0.4, 0.5) is 0 Å². The molecule has 0 unspecified atom stereocenters. The maximum atomic E-state index is 5.96. The van der Waals surface area contributed by atoms with Crippen molar-refractivity contribution in [3.8, 4) is 17.1 Å². The van der Waals surface area contributed by atoms with Gasteiger partial charge in [0.25, 0.3) is 0 Å². The molecule has 0 saturated carbocycles. The average Bonchev–Trinajstić information content (AvgIpc) is 2.71. The number of methoxy groups -OCH3 is 1. The van der Waals surface area contributed by atoms with Crippen molar-refractivity contribution in [3.05, 3.63) is 28.0 Å². The summed E-state index contributed by atoms with van der Waals surface area (Å²) < 4.78 is 5.96. The fourth-order valence-electron chi connectivity index (χ4n) is 1.20. The quantitative estimate of drug-likeness (QED) is 0.924. The fraction of sp³-hybridized carbons (Fsp3) is 0.111. The molecule has 4 nitrogen and oxygen atoms in total. The van der Waals surface area contributed by atoms with Crippen LogP contribution in [0.15, 0.2) is 22.9 Å². The number of aromatic nitrogens is 3. The molecule has 15 heavy (non-hydrogen) atoms. The zero-order chi connectivity index (χ0) is 10.8. The van der Waals surface area contributed by atoms with Crippen LogP contribution in [-0.4, -0.2) is 22.3 Å². The van der Waals surface area contributed by atoms with E-state index in [0.29, 0.717) is 16.6 Å². The molecule has 0 aliphatic carbocycles. The Kier molecular flexibility index (Phi) is 2.93. The number of halogens is 2. The molecule has 0 aliphatic rings. The number of nitrogens with one attached hydrogen (secondary N) is 1. The summed E-state index contributed by atoms with van der Waals surface area (Å²) in [5.74, 6) is 1.27. The van der Waals surface area contributed by atoms with E-state index in [0.717, 1.165) is 10.0 Å². The molecule has 2 aromatic rings. The van der Waals surface area contributed by atoms with Gasteiger partial charge in [-0.25, -0.2) is 4.98 Å². The van der Waals surface area contributed by atoms with E-state index in [4.69, 9.17) is 16.3 Å². The summed E-state index contributed by atoms with van der Waals surface area (Å²) in [7, 11) is 1.57. The van der Waals surface area contributed by atoms with Crippen LogP contribution in [0.3, 0.4) is 0 Å². The van der Waals surface area contributed by atoms with Crippen LogP contribution in [0.25, 0.3) is 11.4 Å². The van der Waals surface area contributed by atoms with Crippen molar-refractivity contribution in [3.63, 3.8) is 0 Å². The van der Waals surface area contributed by atoms with Crippen molar-refractivity contribution in [1.82, 2.24) is 15.2 Å². The summed E-state index contributed by atoms with van der Waals surface area (Å²) in [4.78, 5) is 4.06. The number of H-pyrrole nitrogens is 1. The summed E-state index contributed by atoms with van der Waals surface area (Å²) in [6.07, 6.45) is 1.45. The zero-order valence-electron chi connectivity index (χ0n) is 7.79. The van der Waals surface area contributed by atoms with Crippen LogP contribution in [0.2, 0.25) is 5.02 Å². The maximum Gasteiger partial charge on any atom is 0.156 e. The van der Waals surface area contributed by atoms with Gasteiger partial charge >= 0.3 is 0 Å². The van der Waals surface area contributed by atoms with Gasteiger partial charge in [-0.3, -0.25) is 5.10 Å². The van der Waals surface area contributed by atoms with Gasteiger partial charge in [-0.2, -0.15) is 5.10 Å². The number of ether oxygens (including phenoxy) is 1. The van der Waals surface area contributed by atoms with Crippen molar-refractivity contribution in [2.45, 2.75) is 0 Å². The third-order valence-corrected chi connectivity index (χ3v) is 2.86. The third kappa shape index (κ3) is 1.98. The molecule has 0 atom stereocenters. The van der Waals surface area contributed by atoms with Crippen LogP contribution in [0.5, 0.6) is 5.75 Å². The first-order valence-electron chi connectivity index (χ1n) is 4.11. The van der Waals surface area contributed by atoms with E-state index in [9.17, 15) is 0 Å². The van der Waals surface area contributed by atoms with Gasteiger partial charge in [0.05, 0.1) is 12.1 Å². The first-order valence-corrected chi connectivity index (χ1v) is 5.28. The molecule has 0 fully saturated rings. The largest absolute Gasteiger partial charge is 0.495 e. The smallest absolute Gasteiger partial charge is 0.156 e. The molecule has 0 radical (unpaired) electrons. The molecule has 0 bridgehead atoms. The lowest BCUT2D eigenvalue weighted by Gasteiger charge is -2.06. The van der Waals surface area contributed by atoms with E-state index in [2.05, 4.69) is 31.1 Å². The van der Waals surface area contributed by atoms with E-state index in [1.807, 2.05) is 0 Å². The summed E-state index contributed by atoms with van der Waals surface area (Å²) in [6, 6.07) is 3.56. The zero-order valence-corrected chi connectivity index (χ0v) is 10.1. The highest BCUT2D eigenvalue weighted by molar-refractivity contribution is 9.10. The third-order valence-electron chi connectivity index (χ3n) is 1.91. The van der Waals surface area contributed by atoms with Crippen LogP contribution >= 0.6 is 27.5 Å². The van der Waals surface area contributed by atoms with E-state index >= 15 is 0 Å². The van der Waals surface area contributed by atoms with Gasteiger partial charge in [0.2, 0.25) is 0 Å². The van der Waals surface area contributed by atoms with Crippen LogP contribution in [-0.2, 0) is 0 Å². The maximum absolute atomic E-state index is 5.96. The highest BCUT2D eigenvalue weighted by Gasteiger charge is 2.10. The van der Waals surface area contributed by atoms with E-state index < -0.39 is 0 Å². The van der Waals surface area contributed by atoms with Crippen molar-refractivity contribution < 1.29 is 4.74 Å². The molecule has 2 rings (SSSR count). The minimum absolute atomic E-state index is 0.549. The van der Waals surface area contributed by atoms with Gasteiger partial charge in [0.1, 0.15) is 12.1 Å². The molecule has 1 heterocycles. The van der Waals surface area contributed by atoms with Gasteiger partial charge in [-0.1, -0.05) is 11.6 Å². The topological polar surface area (TPSA) is 50.8 Å². The van der Waals surface area contributed by atoms with Gasteiger partial charge in [0.15, 0.2) is 5.82 Å². The molecule has 0 saturated heterocycles. The van der Waals surface area contributed by atoms with Crippen molar-refractivity contribution in [2.24, 2.45) is 0 Å². The molecule has 1 aromatic heterocycles. The highest BCUT2D eigenvalue weighted by atomic mass is 79.9. The van der Waals surface area contributed by atoms with E-state index in [1.165, 1.54) is 6.33 Å². The Morgan fingerprint density at radius 1 is 1.47 bits per heavy atom. The van der Waals surface area contributed by atoms with Gasteiger partial charge in [-0.15, -0.1) is 0 Å². The Morgan fingerprint density at radius 3 is 2.87 bits per heavy atom. The molecule has 6 heteroatoms. The van der Waals surface area contributed by atoms with Crippen LogP contribution in [0.1, 0.15) is 0 Å². The Hall–Kier alpha value is -1.07. The molecular weight excluding hydrogens is 281 g/mol. The summed E-state index contributed by atoms with van der Waals surface area (Å²) in [5, 5.41) is 7.11. The molecule has 1 N–H and O–H groups in total. The second kappa shape index (κ2) is 4.20. The second-order valence-electron chi connectivity index (χ2n) is 2.80. The van der Waals surface area contributed by atoms with Crippen LogP contribution in [0, 0.1) is 0 Å². The predicted molar refractivity (Wildman–Crippen MR) is 61.1 cm³/mol. The Balaban J connectivity index is 2.57. The minimum atomic E-state index is 0.549. The molecule has 0 aliphatic heterocycles. The first-order chi connectivity index (χ1) is 7.22. The highest BCUT2D eigenvalue weighted by Crippen LogP contribution is 2.35. The molecule has 0 spiro atoms. The van der Waals surface area contributed by atoms with Crippen molar-refractivity contribution in [2.75, 3.05) is 7.11 Å². The summed E-state index contributed by atoms with van der Waals surface area (Å²) >= 11 is 9.37. The van der Waals surface area contributed by atoms with Gasteiger partial charge in [0, 0.05) is 10.0 Å². The number of rotatable bonds is 2. The predicted octanol–water partition coefficient (Wildman–Crippen LogP) is 2.90. The number of nitrogens with zero attached hydrogens (tertiary/aromatic N) is 2. The fourth-order valence-corrected chi connectivity index (χ4v) is 2.11. The molecule has 0 amide bonds. The van der Waals surface area contributed by atoms with Crippen molar-refractivity contribution >= 4 is 27.5 Å². The van der Waals surface area contributed by atoms with Crippen LogP contribution < -0.4 is 4.74 Å². The number of hydrogen-bond acceptors (Lipinski definition) is 3. The number of aromatic amines is 1. The number of hydrogen-bond donors (Lipinski definition) is 1. The van der Waals surface area contributed by atoms with Gasteiger partial charge < -0.3 is 4.74 Å². The lowest BCUT2D eigenvalue weighted by molar-refractivity contribution is 0.415. The Bertz CT molecular complexity index is 472. The molecule has 78 valence electrons.